The molecular formula is C9H8BrClO3. The van der Waals surface area contributed by atoms with E-state index in [0.717, 1.165) is 5.56 Å². The van der Waals surface area contributed by atoms with Crippen LogP contribution in [0.4, 0.5) is 0 Å². The van der Waals surface area contributed by atoms with Gasteiger partial charge in [0, 0.05) is 4.47 Å². The molecule has 0 radical (unpaired) electrons. The van der Waals surface area contributed by atoms with Gasteiger partial charge in [0.25, 0.3) is 0 Å². The highest BCUT2D eigenvalue weighted by Gasteiger charge is 2.17. The Kier molecular flexibility index (Phi) is 3.53. The van der Waals surface area contributed by atoms with Crippen LogP contribution in [0, 0.1) is 6.92 Å². The average Bonchev–Trinajstić information content (AvgIpc) is 2.12. The van der Waals surface area contributed by atoms with Gasteiger partial charge in [-0.15, -0.1) is 0 Å². The van der Waals surface area contributed by atoms with E-state index in [4.69, 9.17) is 16.7 Å². The number of carboxylic acid groups (broad SMARTS) is 1. The first-order chi connectivity index (χ1) is 6.43. The molecule has 0 bridgehead atoms. The number of carboxylic acids is 1. The Morgan fingerprint density at radius 3 is 2.57 bits per heavy atom. The van der Waals surface area contributed by atoms with Crippen molar-refractivity contribution >= 4 is 33.5 Å². The van der Waals surface area contributed by atoms with E-state index in [1.54, 1.807) is 13.0 Å². The molecular weight excluding hydrogens is 271 g/mol. The lowest BCUT2D eigenvalue weighted by atomic mass is 10.1. The molecule has 0 aliphatic heterocycles. The lowest BCUT2D eigenvalue weighted by Crippen LogP contribution is -2.10. The van der Waals surface area contributed by atoms with Crippen LogP contribution in [-0.4, -0.2) is 16.2 Å². The molecule has 5 heteroatoms. The number of halogens is 2. The van der Waals surface area contributed by atoms with Crippen molar-refractivity contribution in [2.24, 2.45) is 0 Å². The van der Waals surface area contributed by atoms with Crippen LogP contribution < -0.4 is 0 Å². The van der Waals surface area contributed by atoms with Gasteiger partial charge in [-0.2, -0.15) is 0 Å². The Morgan fingerprint density at radius 2 is 2.14 bits per heavy atom. The molecule has 2 N–H and O–H groups in total. The van der Waals surface area contributed by atoms with Gasteiger partial charge in [0.05, 0.1) is 5.02 Å². The first-order valence-electron chi connectivity index (χ1n) is 3.80. The highest BCUT2D eigenvalue weighted by molar-refractivity contribution is 9.10. The Labute approximate surface area is 94.4 Å². The van der Waals surface area contributed by atoms with Crippen LogP contribution in [0.15, 0.2) is 16.6 Å². The van der Waals surface area contributed by atoms with E-state index in [1.807, 2.05) is 0 Å². The Balaban J connectivity index is 3.19. The van der Waals surface area contributed by atoms with Gasteiger partial charge in [-0.1, -0.05) is 17.7 Å². The predicted molar refractivity (Wildman–Crippen MR) is 56.5 cm³/mol. The number of hydrogen-bond donors (Lipinski definition) is 2. The molecule has 0 fully saturated rings. The number of aliphatic carboxylic acids is 1. The highest BCUT2D eigenvalue weighted by atomic mass is 79.9. The summed E-state index contributed by atoms with van der Waals surface area (Å²) in [6, 6.07) is 3.01. The molecule has 3 nitrogen and oxygen atoms in total. The van der Waals surface area contributed by atoms with E-state index in [2.05, 4.69) is 15.9 Å². The minimum absolute atomic E-state index is 0.281. The average molecular weight is 280 g/mol. The van der Waals surface area contributed by atoms with E-state index in [-0.39, 0.29) is 5.56 Å². The minimum atomic E-state index is -1.53. The fourth-order valence-electron chi connectivity index (χ4n) is 1.05. The van der Waals surface area contributed by atoms with Crippen molar-refractivity contribution < 1.29 is 15.0 Å². The minimum Gasteiger partial charge on any atom is -0.479 e. The standard InChI is InChI=1S/C9H8BrClO3/c1-4-2-5(8(12)9(13)14)3-6(11)7(4)10/h2-3,8,12H,1H3,(H,13,14). The molecule has 1 unspecified atom stereocenters. The summed E-state index contributed by atoms with van der Waals surface area (Å²) in [5.74, 6) is -1.29. The molecule has 76 valence electrons. The summed E-state index contributed by atoms with van der Waals surface area (Å²) >= 11 is 9.06. The van der Waals surface area contributed by atoms with Crippen LogP contribution >= 0.6 is 27.5 Å². The van der Waals surface area contributed by atoms with Gasteiger partial charge in [-0.05, 0) is 40.0 Å². The number of aliphatic hydroxyl groups excluding tert-OH is 1. The van der Waals surface area contributed by atoms with Crippen molar-refractivity contribution in [3.63, 3.8) is 0 Å². The molecule has 0 heterocycles. The van der Waals surface area contributed by atoms with Crippen LogP contribution in [0.3, 0.4) is 0 Å². The number of aryl methyl sites for hydroxylation is 1. The Hall–Kier alpha value is -0.580. The maximum Gasteiger partial charge on any atom is 0.337 e. The van der Waals surface area contributed by atoms with Gasteiger partial charge < -0.3 is 10.2 Å². The first-order valence-corrected chi connectivity index (χ1v) is 4.97. The quantitative estimate of drug-likeness (QED) is 0.874. The number of hydrogen-bond acceptors (Lipinski definition) is 2. The van der Waals surface area contributed by atoms with Crippen molar-refractivity contribution in [1.82, 2.24) is 0 Å². The van der Waals surface area contributed by atoms with Crippen LogP contribution in [0.5, 0.6) is 0 Å². The summed E-state index contributed by atoms with van der Waals surface area (Å²) in [5, 5.41) is 18.2. The van der Waals surface area contributed by atoms with Crippen LogP contribution in [0.25, 0.3) is 0 Å². The molecule has 0 saturated carbocycles. The summed E-state index contributed by atoms with van der Waals surface area (Å²) in [7, 11) is 0. The molecule has 0 aliphatic rings. The fraction of sp³-hybridized carbons (Fsp3) is 0.222. The second-order valence-corrected chi connectivity index (χ2v) is 4.07. The van der Waals surface area contributed by atoms with E-state index in [0.29, 0.717) is 9.50 Å². The molecule has 0 aromatic heterocycles. The van der Waals surface area contributed by atoms with E-state index < -0.39 is 12.1 Å². The monoisotopic (exact) mass is 278 g/mol. The smallest absolute Gasteiger partial charge is 0.337 e. The van der Waals surface area contributed by atoms with Crippen molar-refractivity contribution in [2.75, 3.05) is 0 Å². The maximum absolute atomic E-state index is 10.5. The van der Waals surface area contributed by atoms with Gasteiger partial charge >= 0.3 is 5.97 Å². The number of aliphatic hydroxyl groups is 1. The van der Waals surface area contributed by atoms with Gasteiger partial charge in [-0.3, -0.25) is 0 Å². The topological polar surface area (TPSA) is 57.5 Å². The van der Waals surface area contributed by atoms with Crippen LogP contribution in [0.1, 0.15) is 17.2 Å². The number of benzene rings is 1. The molecule has 1 atom stereocenters. The van der Waals surface area contributed by atoms with E-state index >= 15 is 0 Å². The summed E-state index contributed by atoms with van der Waals surface area (Å²) < 4.78 is 0.709. The summed E-state index contributed by atoms with van der Waals surface area (Å²) in [5.41, 5.74) is 1.07. The van der Waals surface area contributed by atoms with Crippen LogP contribution in [-0.2, 0) is 4.79 Å². The first kappa shape index (κ1) is 11.5. The third kappa shape index (κ3) is 2.26. The Bertz CT molecular complexity index is 355. The summed E-state index contributed by atoms with van der Waals surface area (Å²) in [4.78, 5) is 10.5. The highest BCUT2D eigenvalue weighted by Crippen LogP contribution is 2.29. The zero-order chi connectivity index (χ0) is 10.9. The van der Waals surface area contributed by atoms with Crippen molar-refractivity contribution in [3.8, 4) is 0 Å². The van der Waals surface area contributed by atoms with Crippen molar-refractivity contribution in [3.05, 3.63) is 32.8 Å². The third-order valence-electron chi connectivity index (χ3n) is 1.78. The lowest BCUT2D eigenvalue weighted by Gasteiger charge is -2.09. The Morgan fingerprint density at radius 1 is 1.57 bits per heavy atom. The molecule has 0 amide bonds. The SMILES string of the molecule is Cc1cc(C(O)C(=O)O)cc(Cl)c1Br. The number of carbonyl (C=O) groups is 1. The largest absolute Gasteiger partial charge is 0.479 e. The maximum atomic E-state index is 10.5. The normalized spacial score (nSPS) is 12.6. The fourth-order valence-corrected chi connectivity index (χ4v) is 1.56. The molecule has 1 aromatic rings. The molecule has 0 spiro atoms. The summed E-state index contributed by atoms with van der Waals surface area (Å²) in [6.07, 6.45) is -1.53. The second kappa shape index (κ2) is 4.29. The zero-order valence-corrected chi connectivity index (χ0v) is 9.63. The molecule has 1 aromatic carbocycles. The van der Waals surface area contributed by atoms with Crippen LogP contribution in [0.2, 0.25) is 5.02 Å². The zero-order valence-electron chi connectivity index (χ0n) is 7.29. The molecule has 0 saturated heterocycles. The molecule has 14 heavy (non-hydrogen) atoms. The van der Waals surface area contributed by atoms with Crippen molar-refractivity contribution in [2.45, 2.75) is 13.0 Å². The summed E-state index contributed by atoms with van der Waals surface area (Å²) in [6.45, 7) is 1.77. The van der Waals surface area contributed by atoms with Gasteiger partial charge in [0.1, 0.15) is 0 Å². The molecule has 1 rings (SSSR count). The van der Waals surface area contributed by atoms with Gasteiger partial charge in [-0.25, -0.2) is 4.79 Å². The van der Waals surface area contributed by atoms with Crippen molar-refractivity contribution in [1.29, 1.82) is 0 Å². The molecule has 0 aliphatic carbocycles. The van der Waals surface area contributed by atoms with Gasteiger partial charge in [0.2, 0.25) is 0 Å². The van der Waals surface area contributed by atoms with Gasteiger partial charge in [0.15, 0.2) is 6.10 Å². The van der Waals surface area contributed by atoms with E-state index in [1.165, 1.54) is 6.07 Å². The predicted octanol–water partition coefficient (Wildman–Crippen LogP) is 2.53. The third-order valence-corrected chi connectivity index (χ3v) is 3.36. The second-order valence-electron chi connectivity index (χ2n) is 2.87. The lowest BCUT2D eigenvalue weighted by molar-refractivity contribution is -0.146. The van der Waals surface area contributed by atoms with E-state index in [9.17, 15) is 9.90 Å². The number of rotatable bonds is 2.